The second kappa shape index (κ2) is 4.65. The van der Waals surface area contributed by atoms with E-state index in [1.54, 1.807) is 42.0 Å². The molecule has 2 N–H and O–H groups in total. The van der Waals surface area contributed by atoms with Crippen LogP contribution in [0.1, 0.15) is 10.5 Å². The van der Waals surface area contributed by atoms with E-state index in [4.69, 9.17) is 0 Å². The fraction of sp³-hybridized carbons (Fsp3) is 0.0714. The molecule has 0 aliphatic heterocycles. The molecule has 0 aromatic carbocycles. The Kier molecular flexibility index (Phi) is 2.83. The smallest absolute Gasteiger partial charge is 0.356 e. The molecule has 3 rings (SSSR count). The van der Waals surface area contributed by atoms with Gasteiger partial charge >= 0.3 is 5.97 Å². The Bertz CT molecular complexity index is 780. The summed E-state index contributed by atoms with van der Waals surface area (Å²) in [5.74, 6) is -0.543. The van der Waals surface area contributed by atoms with Crippen molar-refractivity contribution in [1.29, 1.82) is 0 Å². The lowest BCUT2D eigenvalue weighted by Crippen LogP contribution is -1.98. The van der Waals surface area contributed by atoms with Crippen LogP contribution in [0, 0.1) is 0 Å². The fourth-order valence-corrected chi connectivity index (χ4v) is 2.07. The van der Waals surface area contributed by atoms with Crippen LogP contribution in [0.5, 0.6) is 0 Å². The summed E-state index contributed by atoms with van der Waals surface area (Å²) >= 11 is 0. The molecule has 100 valence electrons. The van der Waals surface area contributed by atoms with E-state index in [0.29, 0.717) is 17.0 Å². The number of carboxylic acid groups (broad SMARTS) is 1. The third-order valence-electron chi connectivity index (χ3n) is 3.03. The van der Waals surface area contributed by atoms with E-state index in [-0.39, 0.29) is 5.69 Å². The molecule has 0 radical (unpaired) electrons. The normalized spacial score (nSPS) is 10.7. The molecule has 6 heteroatoms. The minimum atomic E-state index is -1.06. The van der Waals surface area contributed by atoms with E-state index in [0.717, 1.165) is 5.69 Å². The number of fused-ring (bicyclic) bond motifs is 1. The molecule has 0 saturated heterocycles. The van der Waals surface area contributed by atoms with Gasteiger partial charge < -0.3 is 10.4 Å². The van der Waals surface area contributed by atoms with Crippen LogP contribution in [0.4, 0.5) is 5.69 Å². The zero-order valence-corrected chi connectivity index (χ0v) is 10.7. The number of nitrogens with one attached hydrogen (secondary N) is 1. The maximum absolute atomic E-state index is 11.3. The second-order valence-electron chi connectivity index (χ2n) is 4.22. The van der Waals surface area contributed by atoms with Gasteiger partial charge in [-0.05, 0) is 24.3 Å². The maximum Gasteiger partial charge on any atom is 0.356 e. The van der Waals surface area contributed by atoms with Gasteiger partial charge in [0.1, 0.15) is 5.69 Å². The Hall–Kier alpha value is -2.89. The van der Waals surface area contributed by atoms with Gasteiger partial charge in [0.05, 0.1) is 5.52 Å². The van der Waals surface area contributed by atoms with Crippen LogP contribution in [0.3, 0.4) is 0 Å². The number of rotatable bonds is 3. The lowest BCUT2D eigenvalue weighted by molar-refractivity contribution is 0.0693. The minimum absolute atomic E-state index is 0.0164. The molecule has 0 atom stereocenters. The average Bonchev–Trinajstić information content (AvgIpc) is 2.87. The van der Waals surface area contributed by atoms with E-state index in [1.165, 1.54) is 0 Å². The first-order chi connectivity index (χ1) is 9.70. The standard InChI is InChI=1S/C14H12N4O2/c1-15-9-5-7-18-11(8-9)12(14(19)20)17-13(18)10-4-2-3-6-16-10/h2-8,15H,1H3,(H,19,20). The van der Waals surface area contributed by atoms with Crippen molar-refractivity contribution in [2.45, 2.75) is 0 Å². The van der Waals surface area contributed by atoms with Crippen LogP contribution in [-0.4, -0.2) is 32.5 Å². The predicted molar refractivity (Wildman–Crippen MR) is 74.9 cm³/mol. The van der Waals surface area contributed by atoms with Crippen LogP contribution in [-0.2, 0) is 0 Å². The molecular weight excluding hydrogens is 256 g/mol. The van der Waals surface area contributed by atoms with E-state index in [9.17, 15) is 9.90 Å². The van der Waals surface area contributed by atoms with Crippen molar-refractivity contribution in [3.63, 3.8) is 0 Å². The highest BCUT2D eigenvalue weighted by Gasteiger charge is 2.18. The summed E-state index contributed by atoms with van der Waals surface area (Å²) in [7, 11) is 1.78. The van der Waals surface area contributed by atoms with Crippen molar-refractivity contribution in [3.8, 4) is 11.5 Å². The van der Waals surface area contributed by atoms with Crippen LogP contribution in [0.2, 0.25) is 0 Å². The molecule has 3 aromatic rings. The highest BCUT2D eigenvalue weighted by Crippen LogP contribution is 2.23. The molecule has 0 bridgehead atoms. The van der Waals surface area contributed by atoms with Crippen LogP contribution < -0.4 is 5.32 Å². The van der Waals surface area contributed by atoms with Gasteiger partial charge in [-0.2, -0.15) is 0 Å². The van der Waals surface area contributed by atoms with E-state index >= 15 is 0 Å². The van der Waals surface area contributed by atoms with Crippen molar-refractivity contribution in [3.05, 3.63) is 48.4 Å². The molecule has 0 unspecified atom stereocenters. The number of nitrogens with zero attached hydrogens (tertiary/aromatic N) is 3. The topological polar surface area (TPSA) is 79.5 Å². The number of aromatic carboxylic acids is 1. The molecule has 0 fully saturated rings. The Morgan fingerprint density at radius 2 is 2.20 bits per heavy atom. The SMILES string of the molecule is CNc1ccn2c(-c3ccccn3)nc(C(=O)O)c2c1. The third-order valence-corrected chi connectivity index (χ3v) is 3.03. The van der Waals surface area contributed by atoms with Gasteiger partial charge in [-0.3, -0.25) is 9.38 Å². The van der Waals surface area contributed by atoms with Crippen molar-refractivity contribution in [2.75, 3.05) is 12.4 Å². The number of carbonyl (C=O) groups is 1. The Balaban J connectivity index is 2.31. The third kappa shape index (κ3) is 1.87. The van der Waals surface area contributed by atoms with Gasteiger partial charge in [0.25, 0.3) is 0 Å². The zero-order valence-electron chi connectivity index (χ0n) is 10.7. The van der Waals surface area contributed by atoms with Gasteiger partial charge in [0, 0.05) is 25.1 Å². The van der Waals surface area contributed by atoms with E-state index in [1.807, 2.05) is 12.1 Å². The minimum Gasteiger partial charge on any atom is -0.476 e. The first-order valence-electron chi connectivity index (χ1n) is 6.05. The van der Waals surface area contributed by atoms with Crippen LogP contribution in [0.15, 0.2) is 42.7 Å². The first-order valence-corrected chi connectivity index (χ1v) is 6.05. The largest absolute Gasteiger partial charge is 0.476 e. The highest BCUT2D eigenvalue weighted by molar-refractivity contribution is 5.95. The summed E-state index contributed by atoms with van der Waals surface area (Å²) in [4.78, 5) is 19.8. The van der Waals surface area contributed by atoms with Gasteiger partial charge in [0.15, 0.2) is 11.5 Å². The average molecular weight is 268 g/mol. The molecule has 0 spiro atoms. The van der Waals surface area contributed by atoms with E-state index in [2.05, 4.69) is 15.3 Å². The molecule has 3 aromatic heterocycles. The number of hydrogen-bond donors (Lipinski definition) is 2. The lowest BCUT2D eigenvalue weighted by Gasteiger charge is -2.03. The second-order valence-corrected chi connectivity index (χ2v) is 4.22. The van der Waals surface area contributed by atoms with Crippen molar-refractivity contribution < 1.29 is 9.90 Å². The summed E-state index contributed by atoms with van der Waals surface area (Å²) in [6, 6.07) is 9.05. The highest BCUT2D eigenvalue weighted by atomic mass is 16.4. The van der Waals surface area contributed by atoms with Crippen molar-refractivity contribution in [1.82, 2.24) is 14.4 Å². The van der Waals surface area contributed by atoms with Crippen LogP contribution >= 0.6 is 0 Å². The monoisotopic (exact) mass is 268 g/mol. The van der Waals surface area contributed by atoms with Gasteiger partial charge in [-0.1, -0.05) is 6.07 Å². The quantitative estimate of drug-likeness (QED) is 0.760. The predicted octanol–water partition coefficient (Wildman–Crippen LogP) is 2.14. The van der Waals surface area contributed by atoms with Gasteiger partial charge in [-0.15, -0.1) is 0 Å². The van der Waals surface area contributed by atoms with Crippen molar-refractivity contribution in [2.24, 2.45) is 0 Å². The van der Waals surface area contributed by atoms with E-state index < -0.39 is 5.97 Å². The molecule has 6 nitrogen and oxygen atoms in total. The molecule has 3 heterocycles. The molecule has 0 aliphatic carbocycles. The van der Waals surface area contributed by atoms with Crippen molar-refractivity contribution >= 4 is 17.2 Å². The number of hydrogen-bond acceptors (Lipinski definition) is 4. The summed E-state index contributed by atoms with van der Waals surface area (Å²) in [5, 5.41) is 12.3. The summed E-state index contributed by atoms with van der Waals surface area (Å²) in [6.07, 6.45) is 3.43. The number of imidazole rings is 1. The molecule has 0 aliphatic rings. The number of carboxylic acids is 1. The zero-order chi connectivity index (χ0) is 14.1. The Morgan fingerprint density at radius 1 is 1.35 bits per heavy atom. The number of aromatic nitrogens is 3. The summed E-state index contributed by atoms with van der Waals surface area (Å²) < 4.78 is 1.73. The lowest BCUT2D eigenvalue weighted by atomic mass is 10.3. The Morgan fingerprint density at radius 3 is 2.85 bits per heavy atom. The van der Waals surface area contributed by atoms with Gasteiger partial charge in [-0.25, -0.2) is 9.78 Å². The molecule has 20 heavy (non-hydrogen) atoms. The van der Waals surface area contributed by atoms with Crippen LogP contribution in [0.25, 0.3) is 17.0 Å². The molecule has 0 amide bonds. The first kappa shape index (κ1) is 12.2. The van der Waals surface area contributed by atoms with Gasteiger partial charge in [0.2, 0.25) is 0 Å². The fourth-order valence-electron chi connectivity index (χ4n) is 2.07. The molecular formula is C14H12N4O2. The summed E-state index contributed by atoms with van der Waals surface area (Å²) in [5.41, 5.74) is 2.01. The number of pyridine rings is 2. The maximum atomic E-state index is 11.3. The number of anilines is 1. The Labute approximate surface area is 114 Å². The summed E-state index contributed by atoms with van der Waals surface area (Å²) in [6.45, 7) is 0. The molecule has 0 saturated carbocycles.